The lowest BCUT2D eigenvalue weighted by Gasteiger charge is -2.46. The zero-order valence-electron chi connectivity index (χ0n) is 17.8. The number of amides is 4. The van der Waals surface area contributed by atoms with Crippen LogP contribution < -0.4 is 11.1 Å². The van der Waals surface area contributed by atoms with Gasteiger partial charge in [-0.15, -0.1) is 11.8 Å². The maximum atomic E-state index is 12.6. The number of β-lactam (4-membered cyclic amide) rings is 1. The Bertz CT molecular complexity index is 834. The monoisotopic (exact) mass is 472 g/mol. The minimum absolute atomic E-state index is 0.00111. The number of rotatable bonds is 7. The molecule has 31 heavy (non-hydrogen) atoms. The number of carbonyl (C=O) groups is 4. The molecule has 3 heterocycles. The number of fused-ring (bicyclic) bond motifs is 1. The number of nitrogens with one attached hydrogen (secondary N) is 1. The van der Waals surface area contributed by atoms with E-state index in [9.17, 15) is 29.4 Å². The number of thioether (sulfide) groups is 2. The van der Waals surface area contributed by atoms with Crippen molar-refractivity contribution in [3.63, 3.8) is 0 Å². The van der Waals surface area contributed by atoms with E-state index in [-0.39, 0.29) is 40.8 Å². The van der Waals surface area contributed by atoms with Gasteiger partial charge in [-0.3, -0.25) is 14.5 Å². The first-order chi connectivity index (χ1) is 14.5. The number of hydrogen-bond donors (Lipinski definition) is 4. The summed E-state index contributed by atoms with van der Waals surface area (Å²) in [4.78, 5) is 51.2. The molecule has 12 heteroatoms. The van der Waals surface area contributed by atoms with Gasteiger partial charge in [0.2, 0.25) is 11.8 Å². The number of hydrogen-bond acceptors (Lipinski definition) is 8. The van der Waals surface area contributed by atoms with Crippen LogP contribution in [0.3, 0.4) is 0 Å². The highest BCUT2D eigenvalue weighted by Gasteiger charge is 2.60. The second-order valence-corrected chi connectivity index (χ2v) is 10.5. The van der Waals surface area contributed by atoms with Gasteiger partial charge in [-0.2, -0.15) is 11.8 Å². The summed E-state index contributed by atoms with van der Waals surface area (Å²) in [5.41, 5.74) is 5.22. The Balaban J connectivity index is 1.74. The fourth-order valence-electron chi connectivity index (χ4n) is 4.65. The molecule has 0 spiro atoms. The van der Waals surface area contributed by atoms with Crippen LogP contribution in [-0.4, -0.2) is 92.4 Å². The molecule has 0 radical (unpaired) electrons. The Morgan fingerprint density at radius 3 is 2.52 bits per heavy atom. The topological polar surface area (TPSA) is 153 Å². The number of aliphatic hydroxyl groups excluding tert-OH is 1. The van der Waals surface area contributed by atoms with Crippen LogP contribution >= 0.6 is 23.5 Å². The van der Waals surface area contributed by atoms with Crippen molar-refractivity contribution in [2.75, 3.05) is 19.8 Å². The van der Waals surface area contributed by atoms with Crippen molar-refractivity contribution >= 4 is 47.3 Å². The van der Waals surface area contributed by atoms with Crippen LogP contribution in [0.4, 0.5) is 4.79 Å². The Labute approximate surface area is 188 Å². The van der Waals surface area contributed by atoms with E-state index in [1.54, 1.807) is 13.2 Å². The summed E-state index contributed by atoms with van der Waals surface area (Å²) in [6, 6.07) is -1.36. The third kappa shape index (κ3) is 4.06. The maximum Gasteiger partial charge on any atom is 0.353 e. The van der Waals surface area contributed by atoms with Gasteiger partial charge in [0.25, 0.3) is 0 Å². The van der Waals surface area contributed by atoms with Crippen LogP contribution in [0, 0.1) is 11.8 Å². The molecule has 0 saturated carbocycles. The van der Waals surface area contributed by atoms with Crippen LogP contribution in [0.25, 0.3) is 0 Å². The number of aliphatic carboxylic acids is 1. The summed E-state index contributed by atoms with van der Waals surface area (Å²) in [7, 11) is 1.35. The van der Waals surface area contributed by atoms with Gasteiger partial charge in [0.1, 0.15) is 5.70 Å². The quantitative estimate of drug-likeness (QED) is 0.371. The third-order valence-corrected chi connectivity index (χ3v) is 8.80. The predicted molar refractivity (Wildman–Crippen MR) is 117 cm³/mol. The Morgan fingerprint density at radius 1 is 1.35 bits per heavy atom. The minimum Gasteiger partial charge on any atom is -0.477 e. The first-order valence-corrected chi connectivity index (χ1v) is 12.2. The van der Waals surface area contributed by atoms with Gasteiger partial charge >= 0.3 is 12.0 Å². The van der Waals surface area contributed by atoms with E-state index in [0.29, 0.717) is 17.9 Å². The van der Waals surface area contributed by atoms with Crippen LogP contribution in [-0.2, 0) is 14.4 Å². The third-order valence-electron chi connectivity index (χ3n) is 6.25. The van der Waals surface area contributed by atoms with E-state index in [2.05, 4.69) is 5.32 Å². The predicted octanol–water partition coefficient (Wildman–Crippen LogP) is -0.127. The van der Waals surface area contributed by atoms with E-state index in [4.69, 9.17) is 5.73 Å². The zero-order valence-corrected chi connectivity index (χ0v) is 19.4. The number of urea groups is 1. The number of carboxylic acid groups (broad SMARTS) is 1. The summed E-state index contributed by atoms with van der Waals surface area (Å²) in [6.07, 6.45) is 1.54. The van der Waals surface area contributed by atoms with Gasteiger partial charge in [0.05, 0.1) is 23.3 Å². The summed E-state index contributed by atoms with van der Waals surface area (Å²) in [5.74, 6) is -2.69. The highest BCUT2D eigenvalue weighted by atomic mass is 32.2. The Hall–Kier alpha value is -1.76. The van der Waals surface area contributed by atoms with Crippen LogP contribution in [0.15, 0.2) is 10.6 Å². The fourth-order valence-corrected chi connectivity index (χ4v) is 7.04. The molecular formula is C19H28N4O6S2. The van der Waals surface area contributed by atoms with Gasteiger partial charge in [0.15, 0.2) is 0 Å². The Morgan fingerprint density at radius 2 is 2.00 bits per heavy atom. The second-order valence-electron chi connectivity index (χ2n) is 8.15. The lowest BCUT2D eigenvalue weighted by Crippen LogP contribution is -2.63. The van der Waals surface area contributed by atoms with Gasteiger partial charge < -0.3 is 26.2 Å². The number of nitrogens with zero attached hydrogens (tertiary/aromatic N) is 2. The van der Waals surface area contributed by atoms with Gasteiger partial charge in [-0.25, -0.2) is 9.59 Å². The van der Waals surface area contributed by atoms with Gasteiger partial charge in [-0.05, 0) is 19.6 Å². The number of primary amides is 1. The van der Waals surface area contributed by atoms with Crippen molar-refractivity contribution in [3.05, 3.63) is 10.6 Å². The SMILES string of the molecule is CSC(C(=O)N(C)C(N)=O)[C@@H]1C[C@H](SC2=C(C(=O)O)N3C(=O)[C@H]([C@@H](C)O)[C@H]3[C@H]2C)CN1. The molecule has 0 aromatic rings. The van der Waals surface area contributed by atoms with E-state index >= 15 is 0 Å². The molecule has 2 fully saturated rings. The van der Waals surface area contributed by atoms with Crippen molar-refractivity contribution in [3.8, 4) is 0 Å². The van der Waals surface area contributed by atoms with E-state index in [1.807, 2.05) is 6.92 Å². The van der Waals surface area contributed by atoms with Crippen molar-refractivity contribution in [2.24, 2.45) is 17.6 Å². The van der Waals surface area contributed by atoms with Crippen molar-refractivity contribution in [1.29, 1.82) is 0 Å². The summed E-state index contributed by atoms with van der Waals surface area (Å²) >= 11 is 2.74. The molecule has 1 unspecified atom stereocenters. The molecule has 0 bridgehead atoms. The molecule has 3 aliphatic heterocycles. The lowest BCUT2D eigenvalue weighted by molar-refractivity contribution is -0.163. The minimum atomic E-state index is -1.16. The van der Waals surface area contributed by atoms with Crippen molar-refractivity contribution in [2.45, 2.75) is 49.0 Å². The van der Waals surface area contributed by atoms with Crippen LogP contribution in [0.2, 0.25) is 0 Å². The van der Waals surface area contributed by atoms with Crippen LogP contribution in [0.1, 0.15) is 20.3 Å². The van der Waals surface area contributed by atoms with Crippen LogP contribution in [0.5, 0.6) is 0 Å². The van der Waals surface area contributed by atoms with E-state index in [1.165, 1.54) is 35.5 Å². The smallest absolute Gasteiger partial charge is 0.353 e. The molecule has 172 valence electrons. The molecule has 3 rings (SSSR count). The van der Waals surface area contributed by atoms with Gasteiger partial charge in [0, 0.05) is 35.7 Å². The highest BCUT2D eigenvalue weighted by Crippen LogP contribution is 2.52. The fraction of sp³-hybridized carbons (Fsp3) is 0.684. The number of imide groups is 1. The number of carboxylic acids is 1. The van der Waals surface area contributed by atoms with Crippen molar-refractivity contribution in [1.82, 2.24) is 15.1 Å². The normalized spacial score (nSPS) is 31.8. The largest absolute Gasteiger partial charge is 0.477 e. The molecule has 7 atom stereocenters. The average molecular weight is 473 g/mol. The molecule has 3 aliphatic rings. The maximum absolute atomic E-state index is 12.6. The van der Waals surface area contributed by atoms with Gasteiger partial charge in [-0.1, -0.05) is 6.92 Å². The zero-order chi connectivity index (χ0) is 23.2. The second kappa shape index (κ2) is 9.00. The molecule has 5 N–H and O–H groups in total. The molecular weight excluding hydrogens is 444 g/mol. The molecule has 2 saturated heterocycles. The average Bonchev–Trinajstić information content (AvgIpc) is 3.23. The van der Waals surface area contributed by atoms with E-state index < -0.39 is 29.3 Å². The standard InChI is InChI=1S/C19H28N4O6S2/c1-7-12-11(8(2)24)16(25)23(12)13(18(27)28)14(7)31-9-5-10(21-6-9)15(30-4)17(26)22(3)19(20)29/h7-12,15,21,24H,5-6H2,1-4H3,(H2,20,29)(H,27,28)/t7-,8-,9+,10+,11-,12-,15?/m1/s1. The summed E-state index contributed by atoms with van der Waals surface area (Å²) in [6.45, 7) is 3.99. The molecule has 10 nitrogen and oxygen atoms in total. The molecule has 0 aromatic carbocycles. The molecule has 4 amide bonds. The first kappa shape index (κ1) is 23.9. The number of nitrogens with two attached hydrogens (primary N) is 1. The lowest BCUT2D eigenvalue weighted by atomic mass is 9.79. The number of carbonyl (C=O) groups excluding carboxylic acids is 3. The summed E-state index contributed by atoms with van der Waals surface area (Å²) in [5, 5.41) is 22.5. The Kier molecular flexibility index (Phi) is 6.94. The molecule has 0 aromatic heterocycles. The van der Waals surface area contributed by atoms with Crippen molar-refractivity contribution < 1.29 is 29.4 Å². The first-order valence-electron chi connectivity index (χ1n) is 9.99. The number of aliphatic hydroxyl groups is 1. The van der Waals surface area contributed by atoms with E-state index in [0.717, 1.165) is 4.90 Å². The summed E-state index contributed by atoms with van der Waals surface area (Å²) < 4.78 is 0. The molecule has 0 aliphatic carbocycles. The highest BCUT2D eigenvalue weighted by molar-refractivity contribution is 8.03.